The Balaban J connectivity index is 1.48. The lowest BCUT2D eigenvalue weighted by Gasteiger charge is -2.32. The normalized spacial score (nSPS) is 26.4. The summed E-state index contributed by atoms with van der Waals surface area (Å²) in [6, 6.07) is 12.1. The van der Waals surface area contributed by atoms with Gasteiger partial charge in [0.25, 0.3) is 0 Å². The molecular formula is C20H31N3. The maximum absolute atomic E-state index is 5.65. The predicted octanol–water partition coefficient (Wildman–Crippen LogP) is 2.88. The smallest absolute Gasteiger partial charge is 0.0142 e. The van der Waals surface area contributed by atoms with Crippen LogP contribution < -0.4 is 11.1 Å². The van der Waals surface area contributed by atoms with Gasteiger partial charge in [-0.2, -0.15) is 0 Å². The lowest BCUT2D eigenvalue weighted by molar-refractivity contribution is 0.201. The number of nitrogens with two attached hydrogens (primary N) is 1. The zero-order valence-electron chi connectivity index (χ0n) is 14.4. The van der Waals surface area contributed by atoms with Gasteiger partial charge in [0.1, 0.15) is 0 Å². The highest BCUT2D eigenvalue weighted by atomic mass is 15.2. The van der Waals surface area contributed by atoms with Gasteiger partial charge in [-0.3, -0.25) is 0 Å². The van der Waals surface area contributed by atoms with Crippen LogP contribution in [-0.4, -0.2) is 43.2 Å². The first-order chi connectivity index (χ1) is 11.3. The molecule has 1 saturated heterocycles. The van der Waals surface area contributed by atoms with E-state index < -0.39 is 0 Å². The molecule has 0 bridgehead atoms. The molecule has 1 aliphatic carbocycles. The fraction of sp³-hybridized carbons (Fsp3) is 0.600. The Labute approximate surface area is 140 Å². The quantitative estimate of drug-likeness (QED) is 0.813. The van der Waals surface area contributed by atoms with Crippen LogP contribution >= 0.6 is 0 Å². The molecule has 1 aromatic carbocycles. The Hall–Kier alpha value is -1.16. The first-order valence-electron chi connectivity index (χ1n) is 9.24. The van der Waals surface area contributed by atoms with Crippen molar-refractivity contribution in [1.29, 1.82) is 0 Å². The third kappa shape index (κ3) is 4.66. The SMILES string of the molecule is CC/C(=C\c1ccccc1)[C@H]1C[C@@H]1NC1CCN(CCN)CC1. The molecular weight excluding hydrogens is 282 g/mol. The van der Waals surface area contributed by atoms with Gasteiger partial charge in [-0.05, 0) is 50.3 Å². The highest BCUT2D eigenvalue weighted by molar-refractivity contribution is 5.54. The van der Waals surface area contributed by atoms with Gasteiger partial charge in [0.05, 0.1) is 0 Å². The van der Waals surface area contributed by atoms with E-state index >= 15 is 0 Å². The number of benzene rings is 1. The number of likely N-dealkylation sites (tertiary alicyclic amines) is 1. The summed E-state index contributed by atoms with van der Waals surface area (Å²) in [4.78, 5) is 2.50. The Morgan fingerprint density at radius 2 is 2.00 bits per heavy atom. The largest absolute Gasteiger partial charge is 0.329 e. The van der Waals surface area contributed by atoms with Crippen LogP contribution in [0.3, 0.4) is 0 Å². The van der Waals surface area contributed by atoms with Crippen molar-refractivity contribution in [3.05, 3.63) is 41.5 Å². The lowest BCUT2D eigenvalue weighted by atomic mass is 10.0. The molecule has 1 aliphatic heterocycles. The van der Waals surface area contributed by atoms with E-state index in [-0.39, 0.29) is 0 Å². The average molecular weight is 313 g/mol. The van der Waals surface area contributed by atoms with Crippen LogP contribution in [0.2, 0.25) is 0 Å². The minimum atomic E-state index is 0.703. The molecule has 0 aromatic heterocycles. The van der Waals surface area contributed by atoms with Crippen molar-refractivity contribution in [2.45, 2.75) is 44.7 Å². The lowest BCUT2D eigenvalue weighted by Crippen LogP contribution is -2.44. The average Bonchev–Trinajstić information content (AvgIpc) is 3.34. The van der Waals surface area contributed by atoms with Gasteiger partial charge in [-0.15, -0.1) is 0 Å². The number of nitrogens with one attached hydrogen (secondary N) is 1. The van der Waals surface area contributed by atoms with Gasteiger partial charge >= 0.3 is 0 Å². The number of nitrogens with zero attached hydrogens (tertiary/aromatic N) is 1. The molecule has 2 aliphatic rings. The second-order valence-corrected chi connectivity index (χ2v) is 7.00. The van der Waals surface area contributed by atoms with E-state index in [2.05, 4.69) is 53.5 Å². The summed E-state index contributed by atoms with van der Waals surface area (Å²) in [6.07, 6.45) is 7.42. The molecule has 23 heavy (non-hydrogen) atoms. The molecule has 3 nitrogen and oxygen atoms in total. The van der Waals surface area contributed by atoms with Crippen LogP contribution in [0, 0.1) is 5.92 Å². The van der Waals surface area contributed by atoms with Crippen LogP contribution in [0.5, 0.6) is 0 Å². The minimum Gasteiger partial charge on any atom is -0.329 e. The van der Waals surface area contributed by atoms with E-state index in [1.807, 2.05) is 0 Å². The Morgan fingerprint density at radius 3 is 2.65 bits per heavy atom. The second kappa shape index (κ2) is 8.09. The van der Waals surface area contributed by atoms with E-state index in [0.717, 1.165) is 25.4 Å². The molecule has 3 N–H and O–H groups in total. The molecule has 0 spiro atoms. The fourth-order valence-electron chi connectivity index (χ4n) is 3.83. The van der Waals surface area contributed by atoms with Crippen molar-refractivity contribution < 1.29 is 0 Å². The number of hydrogen-bond donors (Lipinski definition) is 2. The van der Waals surface area contributed by atoms with E-state index in [4.69, 9.17) is 5.73 Å². The summed E-state index contributed by atoms with van der Waals surface area (Å²) in [7, 11) is 0. The van der Waals surface area contributed by atoms with E-state index in [1.54, 1.807) is 5.57 Å². The zero-order chi connectivity index (χ0) is 16.1. The summed E-state index contributed by atoms with van der Waals surface area (Å²) in [5.41, 5.74) is 8.60. The molecule has 2 fully saturated rings. The predicted molar refractivity (Wildman–Crippen MR) is 98.3 cm³/mol. The van der Waals surface area contributed by atoms with E-state index in [0.29, 0.717) is 12.1 Å². The molecule has 2 atom stereocenters. The monoisotopic (exact) mass is 313 g/mol. The molecule has 0 unspecified atom stereocenters. The highest BCUT2D eigenvalue weighted by Gasteiger charge is 2.40. The first kappa shape index (κ1) is 16.7. The Morgan fingerprint density at radius 1 is 1.26 bits per heavy atom. The second-order valence-electron chi connectivity index (χ2n) is 7.00. The summed E-state index contributed by atoms with van der Waals surface area (Å²) < 4.78 is 0. The van der Waals surface area contributed by atoms with Crippen LogP contribution in [0.15, 0.2) is 35.9 Å². The third-order valence-corrected chi connectivity index (χ3v) is 5.31. The Bertz CT molecular complexity index is 503. The van der Waals surface area contributed by atoms with Gasteiger partial charge in [-0.1, -0.05) is 48.9 Å². The molecule has 0 radical (unpaired) electrons. The molecule has 0 amide bonds. The van der Waals surface area contributed by atoms with Gasteiger partial charge < -0.3 is 16.0 Å². The van der Waals surface area contributed by atoms with Crippen molar-refractivity contribution >= 4 is 6.08 Å². The summed E-state index contributed by atoms with van der Waals surface area (Å²) in [5.74, 6) is 0.752. The molecule has 126 valence electrons. The van der Waals surface area contributed by atoms with Gasteiger partial charge in [-0.25, -0.2) is 0 Å². The van der Waals surface area contributed by atoms with Gasteiger partial charge in [0.2, 0.25) is 0 Å². The minimum absolute atomic E-state index is 0.703. The third-order valence-electron chi connectivity index (χ3n) is 5.31. The molecule has 1 saturated carbocycles. The summed E-state index contributed by atoms with van der Waals surface area (Å²) >= 11 is 0. The van der Waals surface area contributed by atoms with E-state index in [9.17, 15) is 0 Å². The number of hydrogen-bond acceptors (Lipinski definition) is 3. The molecule has 3 rings (SSSR count). The topological polar surface area (TPSA) is 41.3 Å². The van der Waals surface area contributed by atoms with Crippen LogP contribution in [0.4, 0.5) is 0 Å². The van der Waals surface area contributed by atoms with Crippen molar-refractivity contribution in [3.8, 4) is 0 Å². The summed E-state index contributed by atoms with van der Waals surface area (Å²) in [6.45, 7) is 6.53. The number of rotatable bonds is 7. The van der Waals surface area contributed by atoms with Crippen LogP contribution in [0.25, 0.3) is 6.08 Å². The van der Waals surface area contributed by atoms with Gasteiger partial charge in [0, 0.05) is 25.2 Å². The Kier molecular flexibility index (Phi) is 5.87. The number of piperidine rings is 1. The zero-order valence-corrected chi connectivity index (χ0v) is 14.4. The van der Waals surface area contributed by atoms with Crippen LogP contribution in [-0.2, 0) is 0 Å². The van der Waals surface area contributed by atoms with Crippen molar-refractivity contribution in [3.63, 3.8) is 0 Å². The van der Waals surface area contributed by atoms with Crippen LogP contribution in [0.1, 0.15) is 38.2 Å². The summed E-state index contributed by atoms with van der Waals surface area (Å²) in [5, 5.41) is 3.91. The standard InChI is InChI=1S/C20H31N3/c1-2-17(14-16-6-4-3-5-7-16)19-15-20(19)22-18-8-11-23(12-9-18)13-10-21/h3-7,14,18-20,22H,2,8-13,15,21H2,1H3/b17-14+/t19-,20+/m1/s1. The maximum Gasteiger partial charge on any atom is 0.0142 e. The van der Waals surface area contributed by atoms with Crippen molar-refractivity contribution in [2.75, 3.05) is 26.2 Å². The molecule has 1 heterocycles. The molecule has 1 aromatic rings. The first-order valence-corrected chi connectivity index (χ1v) is 9.24. The van der Waals surface area contributed by atoms with Crippen molar-refractivity contribution in [1.82, 2.24) is 10.2 Å². The van der Waals surface area contributed by atoms with Gasteiger partial charge in [0.15, 0.2) is 0 Å². The molecule has 3 heteroatoms. The van der Waals surface area contributed by atoms with Crippen molar-refractivity contribution in [2.24, 2.45) is 11.7 Å². The fourth-order valence-corrected chi connectivity index (χ4v) is 3.83. The van der Waals surface area contributed by atoms with E-state index in [1.165, 1.54) is 37.9 Å². The highest BCUT2D eigenvalue weighted by Crippen LogP contribution is 2.40. The maximum atomic E-state index is 5.65.